The van der Waals surface area contributed by atoms with Crippen LogP contribution in [-0.2, 0) is 13.7 Å². The van der Waals surface area contributed by atoms with E-state index in [1.54, 1.807) is 0 Å². The van der Waals surface area contributed by atoms with Crippen molar-refractivity contribution in [1.82, 2.24) is 0 Å². The second-order valence-corrected chi connectivity index (χ2v) is 8.88. The van der Waals surface area contributed by atoms with Gasteiger partial charge in [0.1, 0.15) is 0 Å². The molecule has 1 radical (unpaired) electrons. The number of hydrogen-bond donors (Lipinski definition) is 7. The average molecular weight is 326 g/mol. The molecular formula is CH8KNO10P3. The molecule has 11 nitrogen and oxygen atoms in total. The molecule has 0 saturated carbocycles. The number of quaternary nitrogens is 1. The van der Waals surface area contributed by atoms with Crippen LogP contribution >= 0.6 is 22.8 Å². The zero-order chi connectivity index (χ0) is 12.7. The summed E-state index contributed by atoms with van der Waals surface area (Å²) in [6.45, 7) is 0. The smallest absolute Gasteiger partial charge is 0.411 e. The third-order valence-electron chi connectivity index (χ3n) is 1.44. The number of hydroxylamine groups is 1. The molecule has 0 aliphatic carbocycles. The monoisotopic (exact) mass is 326 g/mol. The Morgan fingerprint density at radius 1 is 0.812 bits per heavy atom. The molecule has 0 aromatic heterocycles. The molecule has 0 bridgehead atoms. The molecule has 16 heavy (non-hydrogen) atoms. The summed E-state index contributed by atoms with van der Waals surface area (Å²) in [6.07, 6.45) is 0. The van der Waals surface area contributed by atoms with E-state index in [1.165, 1.54) is 0 Å². The van der Waals surface area contributed by atoms with E-state index in [1.807, 2.05) is 0 Å². The molecule has 0 unspecified atom stereocenters. The molecule has 0 atom stereocenters. The minimum atomic E-state index is -6.04. The first kappa shape index (κ1) is 20.3. The molecule has 0 aromatic rings. The molecule has 15 heteroatoms. The van der Waals surface area contributed by atoms with Crippen LogP contribution in [0.15, 0.2) is 0 Å². The van der Waals surface area contributed by atoms with Crippen LogP contribution in [0.5, 0.6) is 0 Å². The van der Waals surface area contributed by atoms with E-state index >= 15 is 0 Å². The molecule has 93 valence electrons. The summed E-state index contributed by atoms with van der Waals surface area (Å²) in [5.41, 5.74) is -1.10. The maximum Gasteiger partial charge on any atom is 0.411 e. The Balaban J connectivity index is 0. The van der Waals surface area contributed by atoms with E-state index in [0.29, 0.717) is 0 Å². The van der Waals surface area contributed by atoms with E-state index < -0.39 is 33.0 Å². The first-order chi connectivity index (χ1) is 6.31. The predicted molar refractivity (Wildman–Crippen MR) is 49.9 cm³/mol. The fourth-order valence-corrected chi connectivity index (χ4v) is 5.20. The number of nitrogens with two attached hydrogens (primary N) is 1. The van der Waals surface area contributed by atoms with Gasteiger partial charge in [-0.25, -0.2) is 0 Å². The normalized spacial score (nSPS) is 14.4. The van der Waals surface area contributed by atoms with E-state index in [9.17, 15) is 18.9 Å². The van der Waals surface area contributed by atoms with E-state index in [4.69, 9.17) is 29.4 Å². The molecule has 0 spiro atoms. The SMILES string of the molecule is O=P(O)(O)C([NH2+][O-])(P(=O)(O)O)P(=O)(O)O.[K]. The zero-order valence-corrected chi connectivity index (χ0v) is 13.5. The van der Waals surface area contributed by atoms with Gasteiger partial charge >= 0.3 is 27.5 Å². The quantitative estimate of drug-likeness (QED) is 0.156. The maximum absolute atomic E-state index is 10.7. The standard InChI is InChI=1S/CH8NO10P3.K/c3-2-1(13(4,5)6,14(7,8)9)15(10,11)12;/h2H2,(H2,4,5,6)(H2,7,8,9)(H2,10,11,12);. The van der Waals surface area contributed by atoms with Crippen LogP contribution in [-0.4, -0.2) is 85.5 Å². The summed E-state index contributed by atoms with van der Waals surface area (Å²) in [6, 6.07) is 0. The fraction of sp³-hybridized carbons (Fsp3) is 1.00. The van der Waals surface area contributed by atoms with Gasteiger partial charge in [-0.1, -0.05) is 0 Å². The first-order valence-electron chi connectivity index (χ1n) is 2.94. The summed E-state index contributed by atoms with van der Waals surface area (Å²) < 4.78 is 27.6. The molecule has 0 fully saturated rings. The summed E-state index contributed by atoms with van der Waals surface area (Å²) in [5, 5.41) is 10.3. The van der Waals surface area contributed by atoms with Crippen molar-refractivity contribution in [1.29, 1.82) is 0 Å². The van der Waals surface area contributed by atoms with Gasteiger partial charge in [-0.3, -0.25) is 13.7 Å². The third kappa shape index (κ3) is 3.52. The molecule has 0 aromatic carbocycles. The third-order valence-corrected chi connectivity index (χ3v) is 9.02. The Morgan fingerprint density at radius 3 is 1.00 bits per heavy atom. The van der Waals surface area contributed by atoms with Gasteiger partial charge in [-0.15, -0.1) is 0 Å². The largest absolute Gasteiger partial charge is 0.634 e. The minimum Gasteiger partial charge on any atom is -0.634 e. The molecular weight excluding hydrogens is 318 g/mol. The van der Waals surface area contributed by atoms with E-state index in [2.05, 4.69) is 0 Å². The molecule has 0 aliphatic heterocycles. The topological polar surface area (TPSA) is 212 Å². The average Bonchev–Trinajstić information content (AvgIpc) is 1.76. The van der Waals surface area contributed by atoms with Crippen LogP contribution < -0.4 is 5.48 Å². The Kier molecular flexibility index (Phi) is 7.59. The van der Waals surface area contributed by atoms with Crippen molar-refractivity contribution in [3.05, 3.63) is 5.21 Å². The Morgan fingerprint density at radius 2 is 1.00 bits per heavy atom. The van der Waals surface area contributed by atoms with Crippen LogP contribution in [0.4, 0.5) is 0 Å². The second-order valence-electron chi connectivity index (χ2n) is 2.44. The van der Waals surface area contributed by atoms with Gasteiger partial charge < -0.3 is 40.0 Å². The molecule has 0 heterocycles. The van der Waals surface area contributed by atoms with Crippen LogP contribution in [0.3, 0.4) is 0 Å². The molecule has 0 rings (SSSR count). The zero-order valence-electron chi connectivity index (χ0n) is 7.74. The fourth-order valence-electron chi connectivity index (χ4n) is 0.715. The van der Waals surface area contributed by atoms with E-state index in [0.717, 1.165) is 0 Å². The van der Waals surface area contributed by atoms with Crippen LogP contribution in [0, 0.1) is 5.21 Å². The molecule has 0 saturated heterocycles. The van der Waals surface area contributed by atoms with Crippen molar-refractivity contribution in [2.24, 2.45) is 0 Å². The summed E-state index contributed by atoms with van der Waals surface area (Å²) in [5.74, 6) is 0. The number of hydrogen-bond acceptors (Lipinski definition) is 4. The molecule has 0 amide bonds. The summed E-state index contributed by atoms with van der Waals surface area (Å²) >= 11 is 0. The second kappa shape index (κ2) is 5.97. The van der Waals surface area contributed by atoms with Crippen molar-refractivity contribution < 1.29 is 48.5 Å². The molecule has 8 N–H and O–H groups in total. The Bertz CT molecular complexity index is 318. The van der Waals surface area contributed by atoms with Crippen molar-refractivity contribution >= 4 is 74.2 Å². The van der Waals surface area contributed by atoms with Crippen molar-refractivity contribution in [2.45, 2.75) is 4.76 Å². The van der Waals surface area contributed by atoms with Gasteiger partial charge in [-0.05, 0) is 0 Å². The predicted octanol–water partition coefficient (Wildman–Crippen LogP) is -3.19. The number of rotatable bonds is 4. The van der Waals surface area contributed by atoms with Crippen molar-refractivity contribution in [3.63, 3.8) is 0 Å². The van der Waals surface area contributed by atoms with Crippen LogP contribution in [0.25, 0.3) is 0 Å². The Labute approximate surface area is 131 Å². The summed E-state index contributed by atoms with van der Waals surface area (Å²) in [7, 11) is -18.1. The van der Waals surface area contributed by atoms with Crippen molar-refractivity contribution in [3.8, 4) is 0 Å². The molecule has 0 aliphatic rings. The van der Waals surface area contributed by atoms with Crippen LogP contribution in [0.2, 0.25) is 0 Å². The van der Waals surface area contributed by atoms with Crippen molar-refractivity contribution in [2.75, 3.05) is 0 Å². The van der Waals surface area contributed by atoms with Gasteiger partial charge in [0.05, 0.1) is 0 Å². The van der Waals surface area contributed by atoms with Gasteiger partial charge in [-0.2, -0.15) is 0 Å². The summed E-state index contributed by atoms with van der Waals surface area (Å²) in [4.78, 5) is 51.0. The van der Waals surface area contributed by atoms with Crippen LogP contribution in [0.1, 0.15) is 0 Å². The maximum atomic E-state index is 10.7. The first-order valence-corrected chi connectivity index (χ1v) is 7.78. The Hall–Kier alpha value is 2.01. The van der Waals surface area contributed by atoms with Gasteiger partial charge in [0.2, 0.25) is 0 Å². The van der Waals surface area contributed by atoms with Gasteiger partial charge in [0, 0.05) is 51.4 Å². The van der Waals surface area contributed by atoms with Gasteiger partial charge in [0.25, 0.3) is 0 Å². The van der Waals surface area contributed by atoms with Gasteiger partial charge in [0.15, 0.2) is 0 Å². The minimum absolute atomic E-state index is 0. The van der Waals surface area contributed by atoms with E-state index in [-0.39, 0.29) is 51.4 Å².